The van der Waals surface area contributed by atoms with Gasteiger partial charge >= 0.3 is 0 Å². The van der Waals surface area contributed by atoms with E-state index in [9.17, 15) is 0 Å². The van der Waals surface area contributed by atoms with Crippen molar-refractivity contribution in [2.75, 3.05) is 19.6 Å². The lowest BCUT2D eigenvalue weighted by Gasteiger charge is -2.39. The first kappa shape index (κ1) is 76.4. The summed E-state index contributed by atoms with van der Waals surface area (Å²) < 4.78 is 0. The van der Waals surface area contributed by atoms with Crippen LogP contribution in [0.4, 0.5) is 68.2 Å². The predicted octanol–water partition coefficient (Wildman–Crippen LogP) is 28.8. The van der Waals surface area contributed by atoms with Crippen LogP contribution in [0.25, 0.3) is 89.0 Å². The van der Waals surface area contributed by atoms with Crippen LogP contribution < -0.4 is 19.6 Å². The molecule has 0 radical (unpaired) electrons. The van der Waals surface area contributed by atoms with Crippen molar-refractivity contribution in [3.8, 4) is 89.0 Å². The summed E-state index contributed by atoms with van der Waals surface area (Å²) in [5.74, 6) is 0. The van der Waals surface area contributed by atoms with Crippen LogP contribution in [0.2, 0.25) is 0 Å². The van der Waals surface area contributed by atoms with E-state index in [0.29, 0.717) is 0 Å². The molecule has 0 unspecified atom stereocenters. The molecule has 8 aliphatic carbocycles. The van der Waals surface area contributed by atoms with Gasteiger partial charge < -0.3 is 19.6 Å². The Morgan fingerprint density at radius 3 is 0.943 bits per heavy atom. The minimum atomic E-state index is 0.868. The third-order valence-electron chi connectivity index (χ3n) is 33.9. The van der Waals surface area contributed by atoms with Gasteiger partial charge in [-0.25, -0.2) is 0 Å². The number of rotatable bonds is 0. The highest BCUT2D eigenvalue weighted by Crippen LogP contribution is 2.61. The van der Waals surface area contributed by atoms with Gasteiger partial charge in [-0.05, 0) is 405 Å². The van der Waals surface area contributed by atoms with Gasteiger partial charge in [-0.15, -0.1) is 0 Å². The number of hydrogen-bond donors (Lipinski definition) is 0. The fraction of sp³-hybridized carbons (Fsp3) is 0.123. The SMILES string of the molecule is c1ccc2c(c1)Cc1c-2ccc2c1Cc1cc3c(cc1-2)Cc1ccnc2c1N3c1ccccc1C2.c1ccc2c(c1)Cc1c-2ccc2c1Cc1cc3c(cc1-2)Cc1cncc2c1N3c1ccccc1C2.c1ccc2c(c1)Cc1cc3c(cc1-2)Cc1cc2c(cc1-3)N1c3cccnc3Cc3ccnc(c31)C2.c1ccc2c(c1)Cc1cc3c(cc1-2)Cc1cc2c(cc1-3)N1c3ccncc3Cc3ccnc(c31)C2. The maximum absolute atomic E-state index is 4.82. The number of fused-ring (bicyclic) bond motifs is 42. The maximum Gasteiger partial charge on any atom is 0.0717 e. The number of pyridine rings is 6. The van der Waals surface area contributed by atoms with Crippen molar-refractivity contribution >= 4 is 68.2 Å². The molecule has 0 N–H and O–H groups in total. The first-order valence-corrected chi connectivity index (χ1v) is 50.0. The summed E-state index contributed by atoms with van der Waals surface area (Å²) in [6.07, 6.45) is 31.5. The molecule has 0 saturated heterocycles. The smallest absolute Gasteiger partial charge is 0.0717 e. The molecule has 14 heterocycles. The van der Waals surface area contributed by atoms with Crippen LogP contribution >= 0.6 is 0 Å². The molecule has 10 nitrogen and oxygen atoms in total. The predicted molar refractivity (Wildman–Crippen MR) is 560 cm³/mol. The van der Waals surface area contributed by atoms with Gasteiger partial charge in [0.25, 0.3) is 0 Å². The molecule has 6 aromatic heterocycles. The second kappa shape index (κ2) is 28.4. The van der Waals surface area contributed by atoms with Crippen molar-refractivity contribution in [1.82, 2.24) is 29.9 Å². The van der Waals surface area contributed by atoms with Crippen molar-refractivity contribution < 1.29 is 0 Å². The van der Waals surface area contributed by atoms with Crippen molar-refractivity contribution in [3.05, 3.63) is 507 Å². The second-order valence-corrected chi connectivity index (χ2v) is 41.3. The Morgan fingerprint density at radius 2 is 0.436 bits per heavy atom. The summed E-state index contributed by atoms with van der Waals surface area (Å²) in [6.45, 7) is 0. The summed E-state index contributed by atoms with van der Waals surface area (Å²) in [5, 5.41) is 0. The first-order chi connectivity index (χ1) is 69.3. The van der Waals surface area contributed by atoms with Gasteiger partial charge in [-0.1, -0.05) is 170 Å². The van der Waals surface area contributed by atoms with E-state index in [1.165, 1.54) is 330 Å². The molecule has 0 spiro atoms. The van der Waals surface area contributed by atoms with Crippen LogP contribution in [0.3, 0.4) is 0 Å². The van der Waals surface area contributed by atoms with Gasteiger partial charge in [-0.2, -0.15) is 0 Å². The van der Waals surface area contributed by atoms with Gasteiger partial charge in [0.2, 0.25) is 0 Å². The normalized spacial score (nSPS) is 14.9. The highest BCUT2D eigenvalue weighted by molar-refractivity contribution is 6.00. The summed E-state index contributed by atoms with van der Waals surface area (Å²) in [7, 11) is 0. The van der Waals surface area contributed by atoms with Gasteiger partial charge in [0, 0.05) is 112 Å². The molecular formula is C130H86N10. The Hall–Kier alpha value is -16.8. The molecule has 8 aliphatic heterocycles. The molecule has 0 fully saturated rings. The monoisotopic (exact) mass is 1790 g/mol. The van der Waals surface area contributed by atoms with Gasteiger partial charge in [0.05, 0.1) is 79.6 Å². The molecule has 140 heavy (non-hydrogen) atoms. The van der Waals surface area contributed by atoms with Crippen molar-refractivity contribution in [2.45, 2.75) is 103 Å². The van der Waals surface area contributed by atoms with Crippen molar-refractivity contribution in [1.29, 1.82) is 0 Å². The zero-order chi connectivity index (χ0) is 90.7. The second-order valence-electron chi connectivity index (χ2n) is 41.3. The molecule has 0 amide bonds. The molecular weight excluding hydrogens is 1700 g/mol. The summed E-state index contributed by atoms with van der Waals surface area (Å²) in [5.41, 5.74) is 82.9. The molecule has 0 atom stereocenters. The van der Waals surface area contributed by atoms with Crippen LogP contribution in [0, 0.1) is 0 Å². The quantitative estimate of drug-likeness (QED) is 0.146. The highest BCUT2D eigenvalue weighted by Gasteiger charge is 2.43. The number of aromatic nitrogens is 6. The lowest BCUT2D eigenvalue weighted by atomic mass is 9.86. The van der Waals surface area contributed by atoms with Crippen LogP contribution in [-0.2, 0) is 103 Å². The lowest BCUT2D eigenvalue weighted by Crippen LogP contribution is -2.26. The van der Waals surface area contributed by atoms with E-state index in [4.69, 9.17) is 19.9 Å². The number of anilines is 12. The van der Waals surface area contributed by atoms with E-state index in [1.807, 2.05) is 37.2 Å². The van der Waals surface area contributed by atoms with Crippen LogP contribution in [0.5, 0.6) is 0 Å². The molecule has 0 saturated carbocycles. The third-order valence-corrected chi connectivity index (χ3v) is 33.9. The summed E-state index contributed by atoms with van der Waals surface area (Å²) in [4.78, 5) is 38.2. The van der Waals surface area contributed by atoms with Crippen LogP contribution in [0.15, 0.2) is 329 Å². The molecule has 36 rings (SSSR count). The number of hydrogen-bond acceptors (Lipinski definition) is 10. The third kappa shape index (κ3) is 10.9. The van der Waals surface area contributed by atoms with E-state index in [1.54, 1.807) is 0 Å². The fourth-order valence-electron chi connectivity index (χ4n) is 27.9. The maximum atomic E-state index is 4.82. The molecule has 0 bridgehead atoms. The number of nitrogens with zero attached hydrogens (tertiary/aromatic N) is 10. The van der Waals surface area contributed by atoms with E-state index < -0.39 is 0 Å². The van der Waals surface area contributed by atoms with E-state index in [0.717, 1.165) is 108 Å². The summed E-state index contributed by atoms with van der Waals surface area (Å²) >= 11 is 0. The standard InChI is InChI=1S/2C33H22N2.2C32H21N3/c1-3-7-25-19(5-1)13-29-26(25)9-10-27-28-15-22-12-24-18-34-17-23-11-20-6-2-4-8-31(20)35(33(23)24)32(22)16-21(28)14-30(27)29;1-3-7-24-19(5-1)14-28-25(24)9-10-26-27-16-23-13-21-11-12-34-30-17-20-6-2-4-8-31(20)35(33(21)30)32(23)18-22(27)15-29(26)28;1-2-5-24-18(4-1)10-21-14-26-22(13-25(21)24)11-20-12-23-16-29-32-19(7-9-34-29)15-28-30(6-3-8-33-28)35(32)31(23)17-27(20)26;1-2-4-25-18(3-1)9-21-14-27-22(13-26(21)25)11-20-12-23-15-29-32-19(5-8-34-29)10-24-17-33-7-6-30(24)35(32)31(23)16-28(20)27/h1-10,15-18H,11-14H2;1-12,16,18H,13-15,17H2;1-9,12-14,17H,10-11,15-16H2;1-8,12-14,16-17H,9-11,15H2. The largest absolute Gasteiger partial charge is 0.309 e. The van der Waals surface area contributed by atoms with E-state index in [-0.39, 0.29) is 0 Å². The number of benzene rings is 14. The van der Waals surface area contributed by atoms with E-state index in [2.05, 4.69) is 321 Å². The van der Waals surface area contributed by atoms with Crippen molar-refractivity contribution in [3.63, 3.8) is 0 Å². The van der Waals surface area contributed by atoms with Gasteiger partial charge in [0.15, 0.2) is 0 Å². The average molecular weight is 1790 g/mol. The highest BCUT2D eigenvalue weighted by atomic mass is 15.2. The lowest BCUT2D eigenvalue weighted by molar-refractivity contribution is 0.935. The van der Waals surface area contributed by atoms with E-state index >= 15 is 0 Å². The minimum absolute atomic E-state index is 0.868. The van der Waals surface area contributed by atoms with Crippen LogP contribution in [0.1, 0.15) is 179 Å². The molecule has 10 heteroatoms. The Labute approximate surface area is 811 Å². The minimum Gasteiger partial charge on any atom is -0.309 e. The molecule has 16 aliphatic rings. The topological polar surface area (TPSA) is 90.3 Å². The Kier molecular flexibility index (Phi) is 15.5. The fourth-order valence-corrected chi connectivity index (χ4v) is 27.9. The zero-order valence-electron chi connectivity index (χ0n) is 77.0. The first-order valence-electron chi connectivity index (χ1n) is 50.0. The van der Waals surface area contributed by atoms with Gasteiger partial charge in [0.1, 0.15) is 0 Å². The van der Waals surface area contributed by atoms with Crippen LogP contribution in [-0.4, -0.2) is 29.9 Å². The molecule has 656 valence electrons. The van der Waals surface area contributed by atoms with Gasteiger partial charge in [-0.3, -0.25) is 29.9 Å². The van der Waals surface area contributed by atoms with Crippen molar-refractivity contribution in [2.24, 2.45) is 0 Å². The Bertz CT molecular complexity index is 8620. The molecule has 14 aromatic carbocycles. The average Bonchev–Trinajstić information content (AvgIpc) is 1.54. The zero-order valence-corrected chi connectivity index (χ0v) is 77.0. The number of para-hydroxylation sites is 2. The Balaban J connectivity index is 0.0000000829. The summed E-state index contributed by atoms with van der Waals surface area (Å²) in [6, 6.07) is 105. The molecule has 20 aromatic rings. The Morgan fingerprint density at radius 1 is 0.143 bits per heavy atom.